The Balaban J connectivity index is 1.86. The van der Waals surface area contributed by atoms with Crippen LogP contribution in [0, 0.1) is 0 Å². The van der Waals surface area contributed by atoms with E-state index in [9.17, 15) is 9.90 Å². The van der Waals surface area contributed by atoms with E-state index in [0.29, 0.717) is 11.4 Å². The Morgan fingerprint density at radius 3 is 2.90 bits per heavy atom. The highest BCUT2D eigenvalue weighted by Gasteiger charge is 2.08. The number of aromatic nitrogens is 2. The average molecular weight is 284 g/mol. The van der Waals surface area contributed by atoms with Crippen LogP contribution in [0.1, 0.15) is 16.1 Å². The van der Waals surface area contributed by atoms with Gasteiger partial charge in [0.15, 0.2) is 0 Å². The molecular weight excluding hydrogens is 272 g/mol. The molecule has 0 aliphatic carbocycles. The smallest absolute Gasteiger partial charge is 0.337 e. The molecule has 2 heterocycles. The fourth-order valence-electron chi connectivity index (χ4n) is 1.99. The maximum absolute atomic E-state index is 11.0. The molecule has 0 saturated carbocycles. The molecule has 0 aliphatic rings. The van der Waals surface area contributed by atoms with Gasteiger partial charge in [-0.05, 0) is 24.3 Å². The summed E-state index contributed by atoms with van der Waals surface area (Å²) in [6.45, 7) is 0.216. The molecule has 3 aromatic rings. The molecule has 0 atom stereocenters. The lowest BCUT2D eigenvalue weighted by atomic mass is 10.3. The van der Waals surface area contributed by atoms with Crippen LogP contribution in [0.15, 0.2) is 48.8 Å². The van der Waals surface area contributed by atoms with Crippen molar-refractivity contribution in [2.75, 3.05) is 0 Å². The summed E-state index contributed by atoms with van der Waals surface area (Å²) >= 11 is 0. The molecule has 3 rings (SSSR count). The molecule has 0 saturated heterocycles. The molecule has 0 aliphatic heterocycles. The quantitative estimate of drug-likeness (QED) is 0.768. The number of carbonyl (C=O) groups is 1. The molecule has 6 nitrogen and oxygen atoms in total. The monoisotopic (exact) mass is 284 g/mol. The maximum Gasteiger partial charge on any atom is 0.337 e. The van der Waals surface area contributed by atoms with Crippen molar-refractivity contribution < 1.29 is 19.7 Å². The van der Waals surface area contributed by atoms with Crippen LogP contribution in [0.4, 0.5) is 0 Å². The minimum absolute atomic E-state index is 0.124. The molecule has 106 valence electrons. The second kappa shape index (κ2) is 5.16. The van der Waals surface area contributed by atoms with E-state index >= 15 is 0 Å². The second-order valence-electron chi connectivity index (χ2n) is 4.49. The molecule has 1 aromatic carbocycles. The molecule has 0 fully saturated rings. The summed E-state index contributed by atoms with van der Waals surface area (Å²) in [5, 5.41) is 18.4. The van der Waals surface area contributed by atoms with E-state index in [-0.39, 0.29) is 17.9 Å². The highest BCUT2D eigenvalue weighted by molar-refractivity contribution is 5.87. The minimum atomic E-state index is -0.995. The first kappa shape index (κ1) is 13.0. The zero-order chi connectivity index (χ0) is 14.8. The molecule has 0 amide bonds. The van der Waals surface area contributed by atoms with Crippen molar-refractivity contribution in [3.8, 4) is 11.5 Å². The lowest BCUT2D eigenvalue weighted by Gasteiger charge is -2.06. The van der Waals surface area contributed by atoms with Crippen LogP contribution < -0.4 is 4.74 Å². The summed E-state index contributed by atoms with van der Waals surface area (Å²) in [5.41, 5.74) is 1.55. The molecule has 2 N–H and O–H groups in total. The molecule has 0 bridgehead atoms. The first-order chi connectivity index (χ1) is 10.1. The number of imidazole rings is 1. The fraction of sp³-hybridized carbons (Fsp3) is 0.0667. The minimum Gasteiger partial charge on any atom is -0.508 e. The molecule has 0 spiro atoms. The number of aromatic carboxylic acids is 1. The first-order valence-electron chi connectivity index (χ1n) is 6.24. The van der Waals surface area contributed by atoms with Gasteiger partial charge in [-0.25, -0.2) is 9.78 Å². The van der Waals surface area contributed by atoms with Gasteiger partial charge < -0.3 is 14.9 Å². The normalized spacial score (nSPS) is 10.7. The summed E-state index contributed by atoms with van der Waals surface area (Å²) in [6, 6.07) is 9.62. The maximum atomic E-state index is 11.0. The summed E-state index contributed by atoms with van der Waals surface area (Å²) in [5.74, 6) is -0.344. The Bertz CT molecular complexity index is 810. The molecule has 2 aromatic heterocycles. The van der Waals surface area contributed by atoms with Crippen LogP contribution in [-0.2, 0) is 6.61 Å². The summed E-state index contributed by atoms with van der Waals surface area (Å²) < 4.78 is 7.24. The summed E-state index contributed by atoms with van der Waals surface area (Å²) in [6.07, 6.45) is 3.13. The number of phenolic OH excluding ortho intramolecular Hbond substituents is 1. The van der Waals surface area contributed by atoms with Gasteiger partial charge in [-0.2, -0.15) is 0 Å². The standard InChI is InChI=1S/C15H12N2O4/c18-12-2-1-3-13(6-12)21-9-11-7-16-14-5-4-10(15(19)20)8-17(11)14/h1-8,18H,9H2,(H,19,20). The Kier molecular flexibility index (Phi) is 3.19. The van der Waals surface area contributed by atoms with Gasteiger partial charge in [-0.15, -0.1) is 0 Å². The summed E-state index contributed by atoms with van der Waals surface area (Å²) in [7, 11) is 0. The van der Waals surface area contributed by atoms with Crippen molar-refractivity contribution in [2.45, 2.75) is 6.61 Å². The van der Waals surface area contributed by atoms with E-state index in [0.717, 1.165) is 5.69 Å². The molecule has 21 heavy (non-hydrogen) atoms. The number of fused-ring (bicyclic) bond motifs is 1. The number of rotatable bonds is 4. The van der Waals surface area contributed by atoms with Gasteiger partial charge in [0.25, 0.3) is 0 Å². The van der Waals surface area contributed by atoms with E-state index in [2.05, 4.69) is 4.98 Å². The third kappa shape index (κ3) is 2.64. The van der Waals surface area contributed by atoms with Crippen molar-refractivity contribution in [1.82, 2.24) is 9.38 Å². The van der Waals surface area contributed by atoms with Crippen molar-refractivity contribution in [3.05, 3.63) is 60.0 Å². The number of pyridine rings is 1. The molecular formula is C15H12N2O4. The number of aromatic hydroxyl groups is 1. The largest absolute Gasteiger partial charge is 0.508 e. The van der Waals surface area contributed by atoms with E-state index in [1.807, 2.05) is 0 Å². The third-order valence-electron chi connectivity index (χ3n) is 3.03. The van der Waals surface area contributed by atoms with Crippen molar-refractivity contribution >= 4 is 11.6 Å². The predicted molar refractivity (Wildman–Crippen MR) is 74.6 cm³/mol. The summed E-state index contributed by atoms with van der Waals surface area (Å²) in [4.78, 5) is 15.2. The Morgan fingerprint density at radius 2 is 2.14 bits per heavy atom. The highest BCUT2D eigenvalue weighted by Crippen LogP contribution is 2.19. The van der Waals surface area contributed by atoms with Gasteiger partial charge in [0.05, 0.1) is 17.5 Å². The number of benzene rings is 1. The zero-order valence-electron chi connectivity index (χ0n) is 10.9. The first-order valence-corrected chi connectivity index (χ1v) is 6.24. The van der Waals surface area contributed by atoms with Gasteiger partial charge in [0.1, 0.15) is 23.8 Å². The van der Waals surface area contributed by atoms with Crippen LogP contribution in [-0.4, -0.2) is 25.6 Å². The number of carboxylic acid groups (broad SMARTS) is 1. The third-order valence-corrected chi connectivity index (χ3v) is 3.03. The van der Waals surface area contributed by atoms with Crippen molar-refractivity contribution in [2.24, 2.45) is 0 Å². The number of hydrogen-bond acceptors (Lipinski definition) is 4. The van der Waals surface area contributed by atoms with Gasteiger partial charge in [-0.3, -0.25) is 4.40 Å². The number of hydrogen-bond donors (Lipinski definition) is 2. The number of carboxylic acids is 1. The Morgan fingerprint density at radius 1 is 1.29 bits per heavy atom. The SMILES string of the molecule is O=C(O)c1ccc2ncc(COc3cccc(O)c3)n2c1. The van der Waals surface area contributed by atoms with Crippen molar-refractivity contribution in [3.63, 3.8) is 0 Å². The average Bonchev–Trinajstić information content (AvgIpc) is 2.87. The highest BCUT2D eigenvalue weighted by atomic mass is 16.5. The lowest BCUT2D eigenvalue weighted by molar-refractivity contribution is 0.0696. The van der Waals surface area contributed by atoms with Gasteiger partial charge >= 0.3 is 5.97 Å². The van der Waals surface area contributed by atoms with E-state index in [1.54, 1.807) is 34.9 Å². The number of nitrogens with zero attached hydrogens (tertiary/aromatic N) is 2. The topological polar surface area (TPSA) is 84.1 Å². The van der Waals surface area contributed by atoms with Crippen molar-refractivity contribution in [1.29, 1.82) is 0 Å². The van der Waals surface area contributed by atoms with Gasteiger partial charge in [-0.1, -0.05) is 6.07 Å². The van der Waals surface area contributed by atoms with Gasteiger partial charge in [0.2, 0.25) is 0 Å². The van der Waals surface area contributed by atoms with Crippen LogP contribution >= 0.6 is 0 Å². The Hall–Kier alpha value is -3.02. The van der Waals surface area contributed by atoms with Crippen LogP contribution in [0.5, 0.6) is 11.5 Å². The molecule has 0 radical (unpaired) electrons. The predicted octanol–water partition coefficient (Wildman–Crippen LogP) is 2.32. The van der Waals surface area contributed by atoms with Crippen LogP contribution in [0.25, 0.3) is 5.65 Å². The van der Waals surface area contributed by atoms with Crippen LogP contribution in [0.2, 0.25) is 0 Å². The van der Waals surface area contributed by atoms with E-state index < -0.39 is 5.97 Å². The fourth-order valence-corrected chi connectivity index (χ4v) is 1.99. The van der Waals surface area contributed by atoms with Crippen LogP contribution in [0.3, 0.4) is 0 Å². The Labute approximate surface area is 119 Å². The lowest BCUT2D eigenvalue weighted by Crippen LogP contribution is -2.03. The van der Waals surface area contributed by atoms with Gasteiger partial charge in [0, 0.05) is 12.3 Å². The molecule has 0 unspecified atom stereocenters. The second-order valence-corrected chi connectivity index (χ2v) is 4.49. The van der Waals surface area contributed by atoms with E-state index in [4.69, 9.17) is 9.84 Å². The number of phenols is 1. The van der Waals surface area contributed by atoms with E-state index in [1.165, 1.54) is 18.3 Å². The zero-order valence-corrected chi connectivity index (χ0v) is 10.9. The number of ether oxygens (including phenoxy) is 1. The molecule has 6 heteroatoms.